The van der Waals surface area contributed by atoms with E-state index >= 15 is 0 Å². The first-order valence-corrected chi connectivity index (χ1v) is 11.9. The molecule has 1 N–H and O–H groups in total. The molecule has 4 nitrogen and oxygen atoms in total. The Morgan fingerprint density at radius 2 is 2.03 bits per heavy atom. The topological polar surface area (TPSA) is 49.4 Å². The highest BCUT2D eigenvalue weighted by Crippen LogP contribution is 2.42. The van der Waals surface area contributed by atoms with Crippen LogP contribution in [-0.4, -0.2) is 17.1 Å². The Kier molecular flexibility index (Phi) is 6.65. The lowest BCUT2D eigenvalue weighted by Gasteiger charge is -2.36. The lowest BCUT2D eigenvalue weighted by Crippen LogP contribution is -2.47. The van der Waals surface area contributed by atoms with Crippen LogP contribution >= 0.6 is 34.7 Å². The maximum atomic E-state index is 13.5. The molecule has 1 aromatic heterocycles. The Balaban J connectivity index is 1.57. The third-order valence-electron chi connectivity index (χ3n) is 5.15. The Morgan fingerprint density at radius 1 is 1.23 bits per heavy atom. The fraction of sp³-hybridized carbons (Fsp3) is 0.217. The second-order valence-electron chi connectivity index (χ2n) is 7.25. The average Bonchev–Trinajstić information content (AvgIpc) is 3.28. The SMILES string of the molecule is CC(C(=O)NCc1cccs1)C1Sc2ccccc2N(Cc2ccc(F)cc2Cl)C1=O. The fourth-order valence-electron chi connectivity index (χ4n) is 3.42. The Hall–Kier alpha value is -2.35. The summed E-state index contributed by atoms with van der Waals surface area (Å²) in [5.41, 5.74) is 1.41. The number of carbonyl (C=O) groups is 2. The van der Waals surface area contributed by atoms with Gasteiger partial charge in [0.1, 0.15) is 11.1 Å². The predicted molar refractivity (Wildman–Crippen MR) is 124 cm³/mol. The van der Waals surface area contributed by atoms with E-state index < -0.39 is 17.0 Å². The van der Waals surface area contributed by atoms with Crippen molar-refractivity contribution in [3.8, 4) is 0 Å². The van der Waals surface area contributed by atoms with Crippen LogP contribution in [0.2, 0.25) is 5.02 Å². The highest BCUT2D eigenvalue weighted by atomic mass is 35.5. The van der Waals surface area contributed by atoms with Gasteiger partial charge in [-0.25, -0.2) is 4.39 Å². The van der Waals surface area contributed by atoms with E-state index in [1.54, 1.807) is 29.2 Å². The second kappa shape index (κ2) is 9.42. The van der Waals surface area contributed by atoms with E-state index in [4.69, 9.17) is 11.6 Å². The van der Waals surface area contributed by atoms with Crippen LogP contribution in [0.15, 0.2) is 64.9 Å². The highest BCUT2D eigenvalue weighted by Gasteiger charge is 2.39. The van der Waals surface area contributed by atoms with Crippen molar-refractivity contribution in [3.05, 3.63) is 81.3 Å². The number of nitrogens with zero attached hydrogens (tertiary/aromatic N) is 1. The number of benzene rings is 2. The van der Waals surface area contributed by atoms with Gasteiger partial charge < -0.3 is 10.2 Å². The van der Waals surface area contributed by atoms with Gasteiger partial charge in [0, 0.05) is 14.8 Å². The van der Waals surface area contributed by atoms with Crippen molar-refractivity contribution in [2.75, 3.05) is 4.90 Å². The van der Waals surface area contributed by atoms with Crippen LogP contribution in [0.25, 0.3) is 0 Å². The molecule has 2 amide bonds. The molecule has 160 valence electrons. The van der Waals surface area contributed by atoms with Gasteiger partial charge in [0.15, 0.2) is 0 Å². The zero-order chi connectivity index (χ0) is 22.0. The van der Waals surface area contributed by atoms with Crippen LogP contribution in [0, 0.1) is 11.7 Å². The number of hydrogen-bond acceptors (Lipinski definition) is 4. The number of carbonyl (C=O) groups excluding carboxylic acids is 2. The minimum absolute atomic E-state index is 0.164. The maximum Gasteiger partial charge on any atom is 0.241 e. The summed E-state index contributed by atoms with van der Waals surface area (Å²) in [7, 11) is 0. The number of fused-ring (bicyclic) bond motifs is 1. The quantitative estimate of drug-likeness (QED) is 0.513. The minimum atomic E-state index is -0.572. The van der Waals surface area contributed by atoms with Crippen molar-refractivity contribution in [2.24, 2.45) is 5.92 Å². The molecule has 3 aromatic rings. The van der Waals surface area contributed by atoms with Crippen LogP contribution in [0.3, 0.4) is 0 Å². The minimum Gasteiger partial charge on any atom is -0.351 e. The molecule has 0 saturated carbocycles. The number of anilines is 1. The molecule has 31 heavy (non-hydrogen) atoms. The first-order valence-electron chi connectivity index (χ1n) is 9.75. The zero-order valence-electron chi connectivity index (χ0n) is 16.7. The number of rotatable bonds is 6. The first kappa shape index (κ1) is 21.9. The molecule has 1 aliphatic heterocycles. The fourth-order valence-corrected chi connectivity index (χ4v) is 5.58. The number of hydrogen-bond donors (Lipinski definition) is 1. The van der Waals surface area contributed by atoms with Crippen molar-refractivity contribution in [2.45, 2.75) is 30.2 Å². The van der Waals surface area contributed by atoms with Crippen LogP contribution in [0.5, 0.6) is 0 Å². The summed E-state index contributed by atoms with van der Waals surface area (Å²) in [6, 6.07) is 15.6. The van der Waals surface area contributed by atoms with E-state index in [9.17, 15) is 14.0 Å². The van der Waals surface area contributed by atoms with Gasteiger partial charge in [-0.15, -0.1) is 23.1 Å². The smallest absolute Gasteiger partial charge is 0.241 e. The van der Waals surface area contributed by atoms with E-state index in [1.165, 1.54) is 23.9 Å². The summed E-state index contributed by atoms with van der Waals surface area (Å²) < 4.78 is 13.5. The predicted octanol–water partition coefficient (Wildman–Crippen LogP) is 5.50. The number of halogens is 2. The van der Waals surface area contributed by atoms with Gasteiger partial charge in [-0.2, -0.15) is 0 Å². The van der Waals surface area contributed by atoms with Crippen LogP contribution < -0.4 is 10.2 Å². The first-order chi connectivity index (χ1) is 14.9. The van der Waals surface area contributed by atoms with Crippen LogP contribution in [0.4, 0.5) is 10.1 Å². The number of amides is 2. The van der Waals surface area contributed by atoms with Crippen molar-refractivity contribution in [1.29, 1.82) is 0 Å². The van der Waals surface area contributed by atoms with E-state index in [1.807, 2.05) is 41.8 Å². The molecule has 0 radical (unpaired) electrons. The lowest BCUT2D eigenvalue weighted by molar-refractivity contribution is -0.128. The van der Waals surface area contributed by atoms with Gasteiger partial charge in [0.2, 0.25) is 11.8 Å². The monoisotopic (exact) mass is 474 g/mol. The molecular formula is C23H20ClFN2O2S2. The third-order valence-corrected chi connectivity index (χ3v) is 7.84. The zero-order valence-corrected chi connectivity index (χ0v) is 19.1. The second-order valence-corrected chi connectivity index (χ2v) is 9.87. The van der Waals surface area contributed by atoms with Gasteiger partial charge in [0.25, 0.3) is 0 Å². The van der Waals surface area contributed by atoms with Gasteiger partial charge >= 0.3 is 0 Å². The summed E-state index contributed by atoms with van der Waals surface area (Å²) in [4.78, 5) is 29.9. The molecule has 0 saturated heterocycles. The Morgan fingerprint density at radius 3 is 2.77 bits per heavy atom. The Labute approximate surface area is 193 Å². The molecule has 2 aromatic carbocycles. The Bertz CT molecular complexity index is 1110. The van der Waals surface area contributed by atoms with Crippen molar-refractivity contribution in [3.63, 3.8) is 0 Å². The van der Waals surface area contributed by atoms with E-state index in [0.29, 0.717) is 12.1 Å². The van der Waals surface area contributed by atoms with E-state index in [0.717, 1.165) is 15.5 Å². The summed E-state index contributed by atoms with van der Waals surface area (Å²) in [6.07, 6.45) is 0. The average molecular weight is 475 g/mol. The highest BCUT2D eigenvalue weighted by molar-refractivity contribution is 8.01. The molecule has 0 bridgehead atoms. The number of nitrogens with one attached hydrogen (secondary N) is 1. The summed E-state index contributed by atoms with van der Waals surface area (Å²) >= 11 is 9.19. The molecule has 4 rings (SSSR count). The maximum absolute atomic E-state index is 13.5. The van der Waals surface area contributed by atoms with Gasteiger partial charge in [-0.3, -0.25) is 9.59 Å². The van der Waals surface area contributed by atoms with Gasteiger partial charge in [-0.05, 0) is 41.3 Å². The van der Waals surface area contributed by atoms with Crippen molar-refractivity contribution < 1.29 is 14.0 Å². The lowest BCUT2D eigenvalue weighted by atomic mass is 10.0. The molecule has 2 atom stereocenters. The number of thiophene rings is 1. The number of para-hydroxylation sites is 1. The van der Waals surface area contributed by atoms with E-state index in [2.05, 4.69) is 5.32 Å². The third kappa shape index (κ3) is 4.79. The van der Waals surface area contributed by atoms with Crippen molar-refractivity contribution >= 4 is 52.2 Å². The van der Waals surface area contributed by atoms with Crippen LogP contribution in [0.1, 0.15) is 17.4 Å². The van der Waals surface area contributed by atoms with Crippen LogP contribution in [-0.2, 0) is 22.7 Å². The molecule has 2 unspecified atom stereocenters. The molecule has 2 heterocycles. The summed E-state index contributed by atoms with van der Waals surface area (Å²) in [6.45, 7) is 2.42. The van der Waals surface area contributed by atoms with E-state index in [-0.39, 0.29) is 23.4 Å². The van der Waals surface area contributed by atoms with Gasteiger partial charge in [0.05, 0.1) is 24.7 Å². The molecular weight excluding hydrogens is 455 g/mol. The standard InChI is InChI=1S/C23H20ClFN2O2S2/c1-14(22(28)26-12-17-5-4-10-30-17)21-23(29)27(19-6-2-3-7-20(19)31-21)13-15-8-9-16(25)11-18(15)24/h2-11,14,21H,12-13H2,1H3,(H,26,28). The van der Waals surface area contributed by atoms with Gasteiger partial charge in [-0.1, -0.05) is 42.8 Å². The molecule has 0 spiro atoms. The van der Waals surface area contributed by atoms with Crippen molar-refractivity contribution in [1.82, 2.24) is 5.32 Å². The molecule has 1 aliphatic rings. The molecule has 0 fully saturated rings. The largest absolute Gasteiger partial charge is 0.351 e. The molecule has 0 aliphatic carbocycles. The summed E-state index contributed by atoms with van der Waals surface area (Å²) in [5.74, 6) is -1.29. The molecule has 8 heteroatoms. The summed E-state index contributed by atoms with van der Waals surface area (Å²) in [5, 5.41) is 4.58. The normalized spacial score (nSPS) is 16.7. The number of thioether (sulfide) groups is 1.